The Morgan fingerprint density at radius 1 is 1.08 bits per heavy atom. The van der Waals surface area contributed by atoms with Gasteiger partial charge >= 0.3 is 0 Å². The second-order valence-electron chi connectivity index (χ2n) is 9.04. The zero-order valence-corrected chi connectivity index (χ0v) is 20.3. The fourth-order valence-corrected chi connectivity index (χ4v) is 4.28. The zero-order valence-electron chi connectivity index (χ0n) is 20.3. The summed E-state index contributed by atoms with van der Waals surface area (Å²) in [5.74, 6) is -0.558. The third-order valence-electron chi connectivity index (χ3n) is 6.40. The Bertz CT molecular complexity index is 1190. The number of benzene rings is 2. The lowest BCUT2D eigenvalue weighted by Crippen LogP contribution is -2.58. The zero-order chi connectivity index (χ0) is 25.7. The van der Waals surface area contributed by atoms with Crippen molar-refractivity contribution in [2.75, 3.05) is 6.54 Å². The van der Waals surface area contributed by atoms with Crippen LogP contribution in [0.1, 0.15) is 29.3 Å². The van der Waals surface area contributed by atoms with Crippen LogP contribution in [0.15, 0.2) is 54.6 Å². The Kier molecular flexibility index (Phi) is 8.52. The lowest BCUT2D eigenvalue weighted by atomic mass is 10.0. The number of ether oxygens (including phenoxy) is 1. The molecule has 36 heavy (non-hydrogen) atoms. The second kappa shape index (κ2) is 11.8. The van der Waals surface area contributed by atoms with Gasteiger partial charge in [0, 0.05) is 29.2 Å². The van der Waals surface area contributed by atoms with E-state index < -0.39 is 36.6 Å². The largest absolute Gasteiger partial charge is 0.388 e. The van der Waals surface area contributed by atoms with Gasteiger partial charge in [0.2, 0.25) is 6.29 Å². The first-order valence-corrected chi connectivity index (χ1v) is 12.0. The predicted octanol–water partition coefficient (Wildman–Crippen LogP) is 1.70. The Labute approximate surface area is 209 Å². The number of hydrogen-bond acceptors (Lipinski definition) is 7. The van der Waals surface area contributed by atoms with E-state index in [0.29, 0.717) is 0 Å². The molecule has 1 fully saturated rings. The van der Waals surface area contributed by atoms with Crippen LogP contribution in [0.25, 0.3) is 17.0 Å². The summed E-state index contributed by atoms with van der Waals surface area (Å²) in [5.41, 5.74) is 7.85. The molecular weight excluding hydrogens is 462 g/mol. The number of amides is 1. The Hall–Kier alpha value is -3.05. The number of para-hydroxylation sites is 1. The van der Waals surface area contributed by atoms with E-state index in [9.17, 15) is 20.1 Å². The SMILES string of the molecule is Cc1[nH]c2ccccc2c1CCNCc1ccc(/C=C/C(=O)NO[C@@H]2O[C@H](C)[C@@H](O)[C@H](O)[C@H]2O)cc1. The smallest absolute Gasteiger partial charge is 0.267 e. The molecule has 5 atom stereocenters. The molecule has 0 saturated carbocycles. The summed E-state index contributed by atoms with van der Waals surface area (Å²) in [6.07, 6.45) is -2.35. The predicted molar refractivity (Wildman–Crippen MR) is 136 cm³/mol. The first-order valence-electron chi connectivity index (χ1n) is 12.0. The van der Waals surface area contributed by atoms with Gasteiger partial charge < -0.3 is 30.4 Å². The Balaban J connectivity index is 1.20. The number of H-pyrrole nitrogens is 1. The van der Waals surface area contributed by atoms with Gasteiger partial charge in [-0.1, -0.05) is 42.5 Å². The molecule has 2 heterocycles. The van der Waals surface area contributed by atoms with Crippen LogP contribution < -0.4 is 10.8 Å². The molecule has 1 aliphatic heterocycles. The molecule has 9 nitrogen and oxygen atoms in total. The number of fused-ring (bicyclic) bond motifs is 1. The van der Waals surface area contributed by atoms with Gasteiger partial charge in [-0.2, -0.15) is 0 Å². The van der Waals surface area contributed by atoms with Crippen molar-refractivity contribution in [1.29, 1.82) is 0 Å². The first kappa shape index (κ1) is 26.0. The van der Waals surface area contributed by atoms with Crippen molar-refractivity contribution in [1.82, 2.24) is 15.8 Å². The van der Waals surface area contributed by atoms with E-state index in [0.717, 1.165) is 30.6 Å². The fourth-order valence-electron chi connectivity index (χ4n) is 4.28. The third-order valence-corrected chi connectivity index (χ3v) is 6.40. The van der Waals surface area contributed by atoms with Crippen molar-refractivity contribution < 1.29 is 29.7 Å². The van der Waals surface area contributed by atoms with E-state index in [-0.39, 0.29) is 0 Å². The van der Waals surface area contributed by atoms with E-state index in [1.165, 1.54) is 35.2 Å². The number of carbonyl (C=O) groups excluding carboxylic acids is 1. The number of aromatic nitrogens is 1. The minimum atomic E-state index is -1.49. The highest BCUT2D eigenvalue weighted by atomic mass is 16.8. The monoisotopic (exact) mass is 495 g/mol. The molecule has 192 valence electrons. The van der Waals surface area contributed by atoms with Gasteiger partial charge in [0.25, 0.3) is 5.91 Å². The van der Waals surface area contributed by atoms with Gasteiger partial charge in [0.1, 0.15) is 18.3 Å². The summed E-state index contributed by atoms with van der Waals surface area (Å²) in [6.45, 7) is 5.24. The molecular formula is C27H33N3O6. The number of aliphatic hydroxyl groups excluding tert-OH is 3. The number of aromatic amines is 1. The maximum absolute atomic E-state index is 12.1. The summed E-state index contributed by atoms with van der Waals surface area (Å²) >= 11 is 0. The molecule has 3 aromatic rings. The first-order chi connectivity index (χ1) is 17.3. The highest BCUT2D eigenvalue weighted by Gasteiger charge is 2.42. The third kappa shape index (κ3) is 6.19. The van der Waals surface area contributed by atoms with E-state index in [2.05, 4.69) is 40.9 Å². The number of hydroxylamine groups is 1. The summed E-state index contributed by atoms with van der Waals surface area (Å²) in [6, 6.07) is 16.2. The summed E-state index contributed by atoms with van der Waals surface area (Å²) in [5, 5.41) is 34.2. The standard InChI is InChI=1S/C27H33N3O6/c1-16-20(21-5-3-4-6-22(21)29-16)13-14-28-15-19-9-7-18(8-10-19)11-12-23(31)30-36-27-26(34)25(33)24(32)17(2)35-27/h3-12,17,24-29,32-34H,13-15H2,1-2H3,(H,30,31)/b12-11+/t17-,24-,25+,26-,27+/m1/s1. The van der Waals surface area contributed by atoms with Crippen molar-refractivity contribution in [3.05, 3.63) is 77.0 Å². The number of hydrogen-bond donors (Lipinski definition) is 6. The highest BCUT2D eigenvalue weighted by molar-refractivity contribution is 5.91. The second-order valence-corrected chi connectivity index (χ2v) is 9.04. The summed E-state index contributed by atoms with van der Waals surface area (Å²) < 4.78 is 5.26. The maximum atomic E-state index is 12.1. The molecule has 0 aliphatic carbocycles. The van der Waals surface area contributed by atoms with Crippen LogP contribution in [0.4, 0.5) is 0 Å². The van der Waals surface area contributed by atoms with Gasteiger partial charge in [-0.15, -0.1) is 0 Å². The van der Waals surface area contributed by atoms with Gasteiger partial charge in [0.05, 0.1) is 6.10 Å². The van der Waals surface area contributed by atoms with E-state index >= 15 is 0 Å². The molecule has 1 saturated heterocycles. The molecule has 9 heteroatoms. The van der Waals surface area contributed by atoms with Crippen molar-refractivity contribution in [2.24, 2.45) is 0 Å². The molecule has 1 aromatic heterocycles. The highest BCUT2D eigenvalue weighted by Crippen LogP contribution is 2.22. The molecule has 0 spiro atoms. The molecule has 1 aliphatic rings. The van der Waals surface area contributed by atoms with Crippen molar-refractivity contribution >= 4 is 22.9 Å². The van der Waals surface area contributed by atoms with Crippen LogP contribution in [0, 0.1) is 6.92 Å². The topological polar surface area (TPSA) is 136 Å². The van der Waals surface area contributed by atoms with E-state index in [1.807, 2.05) is 30.3 Å². The van der Waals surface area contributed by atoms with E-state index in [4.69, 9.17) is 9.57 Å². The maximum Gasteiger partial charge on any atom is 0.267 e. The van der Waals surface area contributed by atoms with E-state index in [1.54, 1.807) is 6.08 Å². The molecule has 0 radical (unpaired) electrons. The van der Waals surface area contributed by atoms with Gasteiger partial charge in [0.15, 0.2) is 0 Å². The van der Waals surface area contributed by atoms with Crippen molar-refractivity contribution in [3.63, 3.8) is 0 Å². The Morgan fingerprint density at radius 2 is 1.83 bits per heavy atom. The molecule has 1 amide bonds. The molecule has 0 unspecified atom stereocenters. The lowest BCUT2D eigenvalue weighted by molar-refractivity contribution is -0.305. The van der Waals surface area contributed by atoms with Gasteiger partial charge in [-0.3, -0.25) is 4.79 Å². The normalized spacial score (nSPS) is 24.4. The molecule has 4 rings (SSSR count). The van der Waals surface area contributed by atoms with Crippen LogP contribution in [-0.2, 0) is 27.3 Å². The average molecular weight is 496 g/mol. The Morgan fingerprint density at radius 3 is 2.61 bits per heavy atom. The number of aliphatic hydroxyl groups is 3. The van der Waals surface area contributed by atoms with Crippen molar-refractivity contribution in [2.45, 2.75) is 57.5 Å². The van der Waals surface area contributed by atoms with Crippen LogP contribution in [0.2, 0.25) is 0 Å². The summed E-state index contributed by atoms with van der Waals surface area (Å²) in [7, 11) is 0. The van der Waals surface area contributed by atoms with Gasteiger partial charge in [-0.05, 0) is 55.6 Å². The van der Waals surface area contributed by atoms with Crippen LogP contribution in [0.3, 0.4) is 0 Å². The lowest BCUT2D eigenvalue weighted by Gasteiger charge is -2.38. The fraction of sp³-hybridized carbons (Fsp3) is 0.370. The number of carbonyl (C=O) groups is 1. The van der Waals surface area contributed by atoms with Gasteiger partial charge in [-0.25, -0.2) is 10.3 Å². The number of rotatable bonds is 9. The van der Waals surface area contributed by atoms with Crippen molar-refractivity contribution in [3.8, 4) is 0 Å². The number of aryl methyl sites for hydroxylation is 1. The summed E-state index contributed by atoms with van der Waals surface area (Å²) in [4.78, 5) is 20.6. The molecule has 6 N–H and O–H groups in total. The van der Waals surface area contributed by atoms with Crippen LogP contribution >= 0.6 is 0 Å². The minimum Gasteiger partial charge on any atom is -0.388 e. The quantitative estimate of drug-likeness (QED) is 0.151. The minimum absolute atomic E-state index is 0.558. The molecule has 0 bridgehead atoms. The molecule has 2 aromatic carbocycles. The average Bonchev–Trinajstić information content (AvgIpc) is 3.20. The van der Waals surface area contributed by atoms with Crippen LogP contribution in [0.5, 0.6) is 0 Å². The number of nitrogens with one attached hydrogen (secondary N) is 3. The van der Waals surface area contributed by atoms with Crippen LogP contribution in [-0.4, -0.2) is 63.5 Å².